The maximum Gasteiger partial charge on any atom is 0.346 e. The number of thiophene rings is 3. The fourth-order valence-electron chi connectivity index (χ4n) is 5.69. The number of hydrogen-bond acceptors (Lipinski definition) is 6. The van der Waals surface area contributed by atoms with Crippen molar-refractivity contribution >= 4 is 63.1 Å². The van der Waals surface area contributed by atoms with Crippen molar-refractivity contribution in [2.24, 2.45) is 0 Å². The van der Waals surface area contributed by atoms with Crippen molar-refractivity contribution in [1.82, 2.24) is 0 Å². The quantitative estimate of drug-likeness (QED) is 0.141. The van der Waals surface area contributed by atoms with Crippen molar-refractivity contribution in [3.63, 3.8) is 0 Å². The summed E-state index contributed by atoms with van der Waals surface area (Å²) >= 11 is 5.14. The average molecular weight is 627 g/mol. The van der Waals surface area contributed by atoms with E-state index in [2.05, 4.69) is 110 Å². The van der Waals surface area contributed by atoms with E-state index in [4.69, 9.17) is 0 Å². The highest BCUT2D eigenvalue weighted by Gasteiger charge is 2.39. The van der Waals surface area contributed by atoms with Crippen molar-refractivity contribution in [1.29, 1.82) is 5.26 Å². The van der Waals surface area contributed by atoms with Crippen LogP contribution in [0.3, 0.4) is 0 Å². The lowest BCUT2D eigenvalue weighted by Gasteiger charge is -2.25. The molecule has 7 rings (SSSR count). The van der Waals surface area contributed by atoms with Crippen LogP contribution in [0.5, 0.6) is 0 Å². The maximum absolute atomic E-state index is 11.4. The second kappa shape index (κ2) is 11.1. The number of hydrogen-bond donors (Lipinski definition) is 1. The van der Waals surface area contributed by atoms with Gasteiger partial charge in [0.2, 0.25) is 0 Å². The van der Waals surface area contributed by atoms with E-state index in [1.807, 2.05) is 18.2 Å². The normalized spacial score (nSPS) is 13.2. The Morgan fingerprint density at radius 3 is 1.91 bits per heavy atom. The van der Waals surface area contributed by atoms with E-state index in [0.29, 0.717) is 0 Å². The molecule has 0 saturated heterocycles. The number of rotatable bonds is 7. The Bertz CT molecular complexity index is 2040. The Hall–Kier alpha value is -4.74. The Kier molecular flexibility index (Phi) is 7.06. The van der Waals surface area contributed by atoms with E-state index in [9.17, 15) is 15.2 Å². The molecular formula is C37H26N2O2S3. The third kappa shape index (κ3) is 4.87. The summed E-state index contributed by atoms with van der Waals surface area (Å²) in [5.41, 5.74) is 6.56. The Balaban J connectivity index is 1.18. The molecule has 1 aliphatic rings. The third-order valence-corrected chi connectivity index (χ3v) is 11.7. The number of carboxylic acids is 1. The zero-order chi connectivity index (χ0) is 30.4. The zero-order valence-corrected chi connectivity index (χ0v) is 26.4. The summed E-state index contributed by atoms with van der Waals surface area (Å²) in [6, 6.07) is 40.1. The molecule has 1 N–H and O–H groups in total. The zero-order valence-electron chi connectivity index (χ0n) is 23.9. The van der Waals surface area contributed by atoms with E-state index in [0.717, 1.165) is 21.9 Å². The van der Waals surface area contributed by atoms with Crippen LogP contribution in [0.1, 0.15) is 29.9 Å². The topological polar surface area (TPSA) is 64.3 Å². The van der Waals surface area contributed by atoms with E-state index in [1.54, 1.807) is 40.1 Å². The van der Waals surface area contributed by atoms with Gasteiger partial charge < -0.3 is 10.0 Å². The van der Waals surface area contributed by atoms with Crippen molar-refractivity contribution in [2.75, 3.05) is 4.90 Å². The summed E-state index contributed by atoms with van der Waals surface area (Å²) in [6.45, 7) is 4.43. The summed E-state index contributed by atoms with van der Waals surface area (Å²) in [6.07, 6.45) is 1.48. The molecule has 1 aliphatic carbocycles. The van der Waals surface area contributed by atoms with Gasteiger partial charge in [-0.1, -0.05) is 62.4 Å². The fraction of sp³-hybridized carbons (Fsp3) is 0.0811. The van der Waals surface area contributed by atoms with Crippen LogP contribution in [0.4, 0.5) is 17.1 Å². The number of aliphatic carboxylic acids is 1. The predicted molar refractivity (Wildman–Crippen MR) is 184 cm³/mol. The Morgan fingerprint density at radius 1 is 0.727 bits per heavy atom. The van der Waals surface area contributed by atoms with Gasteiger partial charge in [-0.15, -0.1) is 34.0 Å². The smallest absolute Gasteiger partial charge is 0.346 e. The van der Waals surface area contributed by atoms with E-state index < -0.39 is 5.97 Å². The minimum atomic E-state index is -1.20. The van der Waals surface area contributed by atoms with Crippen LogP contribution in [-0.2, 0) is 10.2 Å². The molecule has 44 heavy (non-hydrogen) atoms. The van der Waals surface area contributed by atoms with Crippen molar-refractivity contribution in [3.05, 3.63) is 131 Å². The highest BCUT2D eigenvalue weighted by Crippen LogP contribution is 2.57. The van der Waals surface area contributed by atoms with E-state index in [-0.39, 0.29) is 11.0 Å². The molecule has 0 fully saturated rings. The SMILES string of the molecule is CC1(C)c2cc(/C=C(/C#N)C(=O)O)sc2-c2sc(-c3ccc(-c4ccc(N(c5ccccc5)c5ccccc5)cc4)s3)cc21. The lowest BCUT2D eigenvalue weighted by Crippen LogP contribution is -2.13. The van der Waals surface area contributed by atoms with Gasteiger partial charge in [-0.3, -0.25) is 0 Å². The molecule has 3 aromatic heterocycles. The van der Waals surface area contributed by atoms with Crippen LogP contribution in [-0.4, -0.2) is 11.1 Å². The lowest BCUT2D eigenvalue weighted by atomic mass is 9.84. The molecule has 0 amide bonds. The molecule has 0 spiro atoms. The third-order valence-electron chi connectivity index (χ3n) is 7.96. The number of nitriles is 1. The van der Waals surface area contributed by atoms with Gasteiger partial charge in [0.05, 0.1) is 0 Å². The summed E-state index contributed by atoms with van der Waals surface area (Å²) in [5, 5.41) is 18.5. The molecule has 0 atom stereocenters. The van der Waals surface area contributed by atoms with Gasteiger partial charge >= 0.3 is 5.97 Å². The molecule has 0 aliphatic heterocycles. The van der Waals surface area contributed by atoms with Crippen LogP contribution in [0.15, 0.2) is 115 Å². The first-order valence-corrected chi connectivity index (χ1v) is 16.5. The van der Waals surface area contributed by atoms with Crippen LogP contribution in [0, 0.1) is 11.3 Å². The molecule has 4 nitrogen and oxygen atoms in total. The summed E-state index contributed by atoms with van der Waals surface area (Å²) in [7, 11) is 0. The number of anilines is 3. The molecule has 7 heteroatoms. The largest absolute Gasteiger partial charge is 0.477 e. The molecule has 0 saturated carbocycles. The van der Waals surface area contributed by atoms with Gasteiger partial charge in [-0.05, 0) is 83.4 Å². The maximum atomic E-state index is 11.4. The highest BCUT2D eigenvalue weighted by atomic mass is 32.1. The first-order valence-electron chi connectivity index (χ1n) is 14.1. The van der Waals surface area contributed by atoms with Gasteiger partial charge in [-0.25, -0.2) is 4.79 Å². The summed E-state index contributed by atoms with van der Waals surface area (Å²) < 4.78 is 0. The number of carboxylic acid groups (broad SMARTS) is 1. The van der Waals surface area contributed by atoms with Gasteiger partial charge in [0.1, 0.15) is 11.6 Å². The first kappa shape index (κ1) is 28.1. The molecule has 3 aromatic carbocycles. The van der Waals surface area contributed by atoms with Crippen LogP contribution < -0.4 is 4.90 Å². The number of carbonyl (C=O) groups is 1. The van der Waals surface area contributed by atoms with Crippen LogP contribution >= 0.6 is 34.0 Å². The van der Waals surface area contributed by atoms with E-state index in [1.165, 1.54) is 47.2 Å². The Labute approximate surface area is 268 Å². The molecule has 214 valence electrons. The Morgan fingerprint density at radius 2 is 1.30 bits per heavy atom. The number of nitrogens with zero attached hydrogens (tertiary/aromatic N) is 2. The summed E-state index contributed by atoms with van der Waals surface area (Å²) in [4.78, 5) is 20.5. The van der Waals surface area contributed by atoms with Crippen LogP contribution in [0.2, 0.25) is 0 Å². The van der Waals surface area contributed by atoms with Crippen LogP contribution in [0.25, 0.3) is 36.0 Å². The van der Waals surface area contributed by atoms with Crippen molar-refractivity contribution in [2.45, 2.75) is 19.3 Å². The van der Waals surface area contributed by atoms with Gasteiger partial charge in [0.25, 0.3) is 0 Å². The summed E-state index contributed by atoms with van der Waals surface area (Å²) in [5.74, 6) is -1.20. The van der Waals surface area contributed by atoms with E-state index >= 15 is 0 Å². The average Bonchev–Trinajstić information content (AvgIpc) is 3.82. The molecule has 0 unspecified atom stereocenters. The minimum absolute atomic E-state index is 0.197. The number of fused-ring (bicyclic) bond motifs is 3. The standard InChI is InChI=1S/C37H26N2O2S3/c1-37(2)29-20-28(19-24(22-38)36(40)41)42-34(29)35-30(37)21-33(44-35)32-18-17-31(43-32)23-13-15-27(16-14-23)39(25-9-5-3-6-10-25)26-11-7-4-8-12-26/h3-21H,1-2H3,(H,40,41)/b24-19-. The second-order valence-electron chi connectivity index (χ2n) is 11.1. The molecule has 6 aromatic rings. The van der Waals surface area contributed by atoms with Gasteiger partial charge in [0, 0.05) is 51.7 Å². The van der Waals surface area contributed by atoms with Gasteiger partial charge in [0.15, 0.2) is 0 Å². The second-order valence-corrected chi connectivity index (χ2v) is 14.3. The van der Waals surface area contributed by atoms with Crippen molar-refractivity contribution < 1.29 is 9.90 Å². The fourth-order valence-corrected chi connectivity index (χ4v) is 9.52. The molecule has 0 bridgehead atoms. The molecular weight excluding hydrogens is 601 g/mol. The van der Waals surface area contributed by atoms with Crippen molar-refractivity contribution in [3.8, 4) is 36.0 Å². The molecule has 0 radical (unpaired) electrons. The lowest BCUT2D eigenvalue weighted by molar-refractivity contribution is -0.132. The first-order chi connectivity index (χ1) is 21.3. The molecule has 3 heterocycles. The predicted octanol–water partition coefficient (Wildman–Crippen LogP) is 11.0. The highest BCUT2D eigenvalue weighted by molar-refractivity contribution is 7.27. The monoisotopic (exact) mass is 626 g/mol. The minimum Gasteiger partial charge on any atom is -0.477 e. The number of benzene rings is 3. The van der Waals surface area contributed by atoms with Gasteiger partial charge in [-0.2, -0.15) is 5.26 Å². The number of para-hydroxylation sites is 2.